The van der Waals surface area contributed by atoms with Gasteiger partial charge in [-0.3, -0.25) is 4.79 Å². The molecule has 1 aliphatic heterocycles. The van der Waals surface area contributed by atoms with E-state index in [4.69, 9.17) is 9.47 Å². The van der Waals surface area contributed by atoms with Gasteiger partial charge in [0.1, 0.15) is 5.75 Å². The predicted molar refractivity (Wildman–Crippen MR) is 74.0 cm³/mol. The first-order chi connectivity index (χ1) is 9.20. The third-order valence-electron chi connectivity index (χ3n) is 3.21. The van der Waals surface area contributed by atoms with Crippen LogP contribution < -0.4 is 4.74 Å². The van der Waals surface area contributed by atoms with E-state index in [9.17, 15) is 4.79 Å². The second-order valence-electron chi connectivity index (χ2n) is 4.49. The largest absolute Gasteiger partial charge is 0.497 e. The number of hydrogen-bond donors (Lipinski definition) is 0. The average molecular weight is 261 g/mol. The summed E-state index contributed by atoms with van der Waals surface area (Å²) in [7, 11) is 1.64. The van der Waals surface area contributed by atoms with Gasteiger partial charge in [0, 0.05) is 19.2 Å². The fourth-order valence-electron chi connectivity index (χ4n) is 2.00. The van der Waals surface area contributed by atoms with Crippen molar-refractivity contribution in [1.29, 1.82) is 0 Å². The van der Waals surface area contributed by atoms with Crippen LogP contribution in [0.2, 0.25) is 0 Å². The Bertz CT molecular complexity index is 459. The van der Waals surface area contributed by atoms with Crippen molar-refractivity contribution in [2.24, 2.45) is 0 Å². The SMILES string of the molecule is COc1ccc(/C(C)=C/C(=O)N2CCOCC2)cc1. The van der Waals surface area contributed by atoms with Crippen molar-refractivity contribution in [1.82, 2.24) is 4.90 Å². The summed E-state index contributed by atoms with van der Waals surface area (Å²) in [5.41, 5.74) is 1.99. The molecule has 4 nitrogen and oxygen atoms in total. The lowest BCUT2D eigenvalue weighted by molar-refractivity contribution is -0.129. The summed E-state index contributed by atoms with van der Waals surface area (Å²) in [6.45, 7) is 4.54. The highest BCUT2D eigenvalue weighted by Gasteiger charge is 2.14. The third kappa shape index (κ3) is 3.58. The predicted octanol–water partition coefficient (Wildman–Crippen LogP) is 1.96. The monoisotopic (exact) mass is 261 g/mol. The number of allylic oxidation sites excluding steroid dienone is 1. The smallest absolute Gasteiger partial charge is 0.246 e. The number of hydrogen-bond acceptors (Lipinski definition) is 3. The van der Waals surface area contributed by atoms with Crippen molar-refractivity contribution in [2.75, 3.05) is 33.4 Å². The number of benzene rings is 1. The minimum absolute atomic E-state index is 0.0524. The number of carbonyl (C=O) groups is 1. The van der Waals surface area contributed by atoms with Gasteiger partial charge in [-0.05, 0) is 30.2 Å². The molecule has 0 aliphatic carbocycles. The van der Waals surface area contributed by atoms with Crippen LogP contribution in [0.4, 0.5) is 0 Å². The zero-order chi connectivity index (χ0) is 13.7. The van der Waals surface area contributed by atoms with Crippen LogP contribution >= 0.6 is 0 Å². The van der Waals surface area contributed by atoms with Crippen LogP contribution in [0.15, 0.2) is 30.3 Å². The number of amides is 1. The first-order valence-electron chi connectivity index (χ1n) is 6.40. The van der Waals surface area contributed by atoms with Crippen molar-refractivity contribution in [3.63, 3.8) is 0 Å². The Morgan fingerprint density at radius 3 is 2.47 bits per heavy atom. The Kier molecular flexibility index (Phi) is 4.58. The molecule has 4 heteroatoms. The van der Waals surface area contributed by atoms with E-state index in [2.05, 4.69) is 0 Å². The van der Waals surface area contributed by atoms with E-state index in [1.807, 2.05) is 36.1 Å². The van der Waals surface area contributed by atoms with E-state index in [1.54, 1.807) is 13.2 Å². The van der Waals surface area contributed by atoms with E-state index < -0.39 is 0 Å². The molecule has 0 radical (unpaired) electrons. The lowest BCUT2D eigenvalue weighted by Crippen LogP contribution is -2.39. The van der Waals surface area contributed by atoms with Gasteiger partial charge in [0.15, 0.2) is 0 Å². The van der Waals surface area contributed by atoms with Crippen molar-refractivity contribution >= 4 is 11.5 Å². The molecule has 0 bridgehead atoms. The van der Waals surface area contributed by atoms with Gasteiger partial charge in [0.25, 0.3) is 0 Å². The van der Waals surface area contributed by atoms with Gasteiger partial charge >= 0.3 is 0 Å². The molecule has 0 unspecified atom stereocenters. The number of rotatable bonds is 3. The number of carbonyl (C=O) groups excluding carboxylic acids is 1. The minimum atomic E-state index is 0.0524. The molecular formula is C15H19NO3. The molecule has 1 amide bonds. The van der Waals surface area contributed by atoms with Gasteiger partial charge in [0.2, 0.25) is 5.91 Å². The number of methoxy groups -OCH3 is 1. The molecule has 0 spiro atoms. The zero-order valence-electron chi connectivity index (χ0n) is 11.4. The summed E-state index contributed by atoms with van der Waals surface area (Å²) < 4.78 is 10.4. The Balaban J connectivity index is 2.06. The summed E-state index contributed by atoms with van der Waals surface area (Å²) in [6.07, 6.45) is 1.69. The highest BCUT2D eigenvalue weighted by molar-refractivity contribution is 5.94. The maximum Gasteiger partial charge on any atom is 0.246 e. The lowest BCUT2D eigenvalue weighted by Gasteiger charge is -2.25. The molecule has 1 aromatic carbocycles. The Labute approximate surface area is 113 Å². The van der Waals surface area contributed by atoms with E-state index in [-0.39, 0.29) is 5.91 Å². The molecule has 0 N–H and O–H groups in total. The summed E-state index contributed by atoms with van der Waals surface area (Å²) in [4.78, 5) is 13.9. The normalized spacial score (nSPS) is 16.3. The Hall–Kier alpha value is -1.81. The van der Waals surface area contributed by atoms with E-state index in [0.717, 1.165) is 16.9 Å². The molecule has 1 saturated heterocycles. The molecule has 102 valence electrons. The highest BCUT2D eigenvalue weighted by Crippen LogP contribution is 2.18. The Morgan fingerprint density at radius 1 is 1.26 bits per heavy atom. The van der Waals surface area contributed by atoms with Gasteiger partial charge in [-0.2, -0.15) is 0 Å². The van der Waals surface area contributed by atoms with Crippen LogP contribution in [-0.4, -0.2) is 44.2 Å². The fourth-order valence-corrected chi connectivity index (χ4v) is 2.00. The van der Waals surface area contributed by atoms with Gasteiger partial charge in [-0.25, -0.2) is 0 Å². The number of ether oxygens (including phenoxy) is 2. The van der Waals surface area contributed by atoms with Gasteiger partial charge < -0.3 is 14.4 Å². The molecule has 1 aliphatic rings. The van der Waals surface area contributed by atoms with Crippen LogP contribution in [0.3, 0.4) is 0 Å². The Morgan fingerprint density at radius 2 is 1.89 bits per heavy atom. The van der Waals surface area contributed by atoms with Crippen LogP contribution in [0.1, 0.15) is 12.5 Å². The zero-order valence-corrected chi connectivity index (χ0v) is 11.4. The summed E-state index contributed by atoms with van der Waals surface area (Å²) in [5, 5.41) is 0. The molecule has 1 aromatic rings. The van der Waals surface area contributed by atoms with Crippen molar-refractivity contribution in [3.8, 4) is 5.75 Å². The molecule has 0 aromatic heterocycles. The molecule has 1 heterocycles. The number of morpholine rings is 1. The summed E-state index contributed by atoms with van der Waals surface area (Å²) >= 11 is 0. The van der Waals surface area contributed by atoms with Gasteiger partial charge in [0.05, 0.1) is 20.3 Å². The molecule has 2 rings (SSSR count). The fraction of sp³-hybridized carbons (Fsp3) is 0.400. The van der Waals surface area contributed by atoms with Crippen molar-refractivity contribution in [2.45, 2.75) is 6.92 Å². The van der Waals surface area contributed by atoms with Crippen LogP contribution in [0.25, 0.3) is 5.57 Å². The van der Waals surface area contributed by atoms with Gasteiger partial charge in [-0.1, -0.05) is 12.1 Å². The number of nitrogens with zero attached hydrogens (tertiary/aromatic N) is 1. The molecule has 0 atom stereocenters. The third-order valence-corrected chi connectivity index (χ3v) is 3.21. The average Bonchev–Trinajstić information content (AvgIpc) is 2.48. The second-order valence-corrected chi connectivity index (χ2v) is 4.49. The van der Waals surface area contributed by atoms with E-state index in [0.29, 0.717) is 26.3 Å². The maximum atomic E-state index is 12.1. The van der Waals surface area contributed by atoms with E-state index in [1.165, 1.54) is 0 Å². The maximum absolute atomic E-state index is 12.1. The molecular weight excluding hydrogens is 242 g/mol. The molecule has 0 saturated carbocycles. The van der Waals surface area contributed by atoms with Crippen molar-refractivity contribution < 1.29 is 14.3 Å². The van der Waals surface area contributed by atoms with Crippen LogP contribution in [-0.2, 0) is 9.53 Å². The molecule has 1 fully saturated rings. The first-order valence-corrected chi connectivity index (χ1v) is 6.40. The summed E-state index contributed by atoms with van der Waals surface area (Å²) in [5.74, 6) is 0.868. The van der Waals surface area contributed by atoms with Crippen LogP contribution in [0.5, 0.6) is 5.75 Å². The van der Waals surface area contributed by atoms with Gasteiger partial charge in [-0.15, -0.1) is 0 Å². The molecule has 19 heavy (non-hydrogen) atoms. The highest BCUT2D eigenvalue weighted by atomic mass is 16.5. The van der Waals surface area contributed by atoms with Crippen LogP contribution in [0, 0.1) is 0 Å². The second kappa shape index (κ2) is 6.38. The first kappa shape index (κ1) is 13.6. The topological polar surface area (TPSA) is 38.8 Å². The lowest BCUT2D eigenvalue weighted by atomic mass is 10.1. The minimum Gasteiger partial charge on any atom is -0.497 e. The standard InChI is InChI=1S/C15H19NO3/c1-12(13-3-5-14(18-2)6-4-13)11-15(17)16-7-9-19-10-8-16/h3-6,11H,7-10H2,1-2H3/b12-11+. The van der Waals surface area contributed by atoms with E-state index >= 15 is 0 Å². The summed E-state index contributed by atoms with van der Waals surface area (Å²) in [6, 6.07) is 7.70. The van der Waals surface area contributed by atoms with Crippen molar-refractivity contribution in [3.05, 3.63) is 35.9 Å². The quantitative estimate of drug-likeness (QED) is 0.781.